The van der Waals surface area contributed by atoms with Crippen molar-refractivity contribution in [1.29, 1.82) is 0 Å². The van der Waals surface area contributed by atoms with E-state index in [0.29, 0.717) is 27.5 Å². The van der Waals surface area contributed by atoms with Gasteiger partial charge in [0, 0.05) is 5.56 Å². The SMILES string of the molecule is COc1ccc(C(=O)Nc2ccc(Cl)c3ncsc23)cc1. The Kier molecular flexibility index (Phi) is 3.77. The van der Waals surface area contributed by atoms with Crippen LogP contribution in [0.15, 0.2) is 41.9 Å². The van der Waals surface area contributed by atoms with Gasteiger partial charge in [0.2, 0.25) is 0 Å². The number of nitrogens with zero attached hydrogens (tertiary/aromatic N) is 1. The van der Waals surface area contributed by atoms with Gasteiger partial charge in [-0.1, -0.05) is 11.6 Å². The number of ether oxygens (including phenoxy) is 1. The third-order valence-electron chi connectivity index (χ3n) is 3.04. The lowest BCUT2D eigenvalue weighted by Gasteiger charge is -2.07. The molecule has 0 unspecified atom stereocenters. The largest absolute Gasteiger partial charge is 0.497 e. The molecule has 0 atom stereocenters. The van der Waals surface area contributed by atoms with Crippen LogP contribution in [-0.4, -0.2) is 18.0 Å². The maximum absolute atomic E-state index is 12.3. The monoisotopic (exact) mass is 318 g/mol. The number of nitrogens with one attached hydrogen (secondary N) is 1. The first-order valence-corrected chi connectivity index (χ1v) is 7.42. The number of rotatable bonds is 3. The second-order valence-corrected chi connectivity index (χ2v) is 5.57. The van der Waals surface area contributed by atoms with Crippen LogP contribution in [-0.2, 0) is 0 Å². The van der Waals surface area contributed by atoms with E-state index in [0.717, 1.165) is 4.70 Å². The third kappa shape index (κ3) is 2.70. The summed E-state index contributed by atoms with van der Waals surface area (Å²) in [6.07, 6.45) is 0. The van der Waals surface area contributed by atoms with Crippen molar-refractivity contribution >= 4 is 44.7 Å². The fraction of sp³-hybridized carbons (Fsp3) is 0.0667. The van der Waals surface area contributed by atoms with E-state index in [9.17, 15) is 4.79 Å². The van der Waals surface area contributed by atoms with E-state index in [1.54, 1.807) is 49.0 Å². The highest BCUT2D eigenvalue weighted by Gasteiger charge is 2.11. The number of carbonyl (C=O) groups is 1. The standard InChI is InChI=1S/C15H11ClN2O2S/c1-20-10-4-2-9(3-5-10)15(19)18-12-7-6-11(16)13-14(12)21-8-17-13/h2-8H,1H3,(H,18,19). The number of carbonyl (C=O) groups excluding carboxylic acids is 1. The van der Waals surface area contributed by atoms with Crippen LogP contribution in [0.4, 0.5) is 5.69 Å². The molecule has 0 saturated heterocycles. The minimum atomic E-state index is -0.185. The highest BCUT2D eigenvalue weighted by atomic mass is 35.5. The van der Waals surface area contributed by atoms with Crippen LogP contribution < -0.4 is 10.1 Å². The summed E-state index contributed by atoms with van der Waals surface area (Å²) in [4.78, 5) is 16.5. The third-order valence-corrected chi connectivity index (χ3v) is 4.20. The van der Waals surface area contributed by atoms with Gasteiger partial charge in [-0.05, 0) is 36.4 Å². The molecule has 1 N–H and O–H groups in total. The van der Waals surface area contributed by atoms with Gasteiger partial charge < -0.3 is 10.1 Å². The molecule has 0 fully saturated rings. The number of benzene rings is 2. The van der Waals surface area contributed by atoms with E-state index < -0.39 is 0 Å². The second kappa shape index (κ2) is 5.71. The van der Waals surface area contributed by atoms with E-state index >= 15 is 0 Å². The predicted molar refractivity (Wildman–Crippen MR) is 85.6 cm³/mol. The predicted octanol–water partition coefficient (Wildman–Crippen LogP) is 4.21. The highest BCUT2D eigenvalue weighted by molar-refractivity contribution is 7.17. The molecule has 0 aliphatic heterocycles. The molecule has 0 saturated carbocycles. The number of methoxy groups -OCH3 is 1. The molecule has 0 spiro atoms. The zero-order valence-corrected chi connectivity index (χ0v) is 12.7. The van der Waals surface area contributed by atoms with Gasteiger partial charge in [-0.2, -0.15) is 0 Å². The van der Waals surface area contributed by atoms with E-state index in [1.165, 1.54) is 11.3 Å². The summed E-state index contributed by atoms with van der Waals surface area (Å²) in [5.41, 5.74) is 3.68. The van der Waals surface area contributed by atoms with Gasteiger partial charge in [0.05, 0.1) is 28.0 Å². The van der Waals surface area contributed by atoms with Crippen molar-refractivity contribution in [3.8, 4) is 5.75 Å². The number of halogens is 1. The fourth-order valence-corrected chi connectivity index (χ4v) is 3.00. The minimum absolute atomic E-state index is 0.185. The number of fused-ring (bicyclic) bond motifs is 1. The molecule has 0 aliphatic rings. The zero-order valence-electron chi connectivity index (χ0n) is 11.1. The number of hydrogen-bond donors (Lipinski definition) is 1. The molecule has 1 amide bonds. The van der Waals surface area contributed by atoms with E-state index in [4.69, 9.17) is 16.3 Å². The zero-order chi connectivity index (χ0) is 14.8. The van der Waals surface area contributed by atoms with Gasteiger partial charge in [0.1, 0.15) is 11.3 Å². The summed E-state index contributed by atoms with van der Waals surface area (Å²) in [6, 6.07) is 10.4. The van der Waals surface area contributed by atoms with E-state index in [-0.39, 0.29) is 5.91 Å². The Balaban J connectivity index is 1.89. The molecule has 106 valence electrons. The summed E-state index contributed by atoms with van der Waals surface area (Å²) in [6.45, 7) is 0. The Morgan fingerprint density at radius 2 is 2.00 bits per heavy atom. The Hall–Kier alpha value is -2.11. The van der Waals surface area contributed by atoms with Crippen LogP contribution in [0.5, 0.6) is 5.75 Å². The molecule has 1 aromatic heterocycles. The molecule has 0 bridgehead atoms. The minimum Gasteiger partial charge on any atom is -0.497 e. The summed E-state index contributed by atoms with van der Waals surface area (Å²) < 4.78 is 5.94. The van der Waals surface area contributed by atoms with Crippen LogP contribution >= 0.6 is 22.9 Å². The van der Waals surface area contributed by atoms with Crippen LogP contribution in [0.3, 0.4) is 0 Å². The fourth-order valence-electron chi connectivity index (χ4n) is 1.95. The van der Waals surface area contributed by atoms with Gasteiger partial charge in [-0.3, -0.25) is 4.79 Å². The summed E-state index contributed by atoms with van der Waals surface area (Å²) in [7, 11) is 1.59. The molecular formula is C15H11ClN2O2S. The van der Waals surface area contributed by atoms with Crippen molar-refractivity contribution < 1.29 is 9.53 Å². The van der Waals surface area contributed by atoms with Crippen molar-refractivity contribution in [3.63, 3.8) is 0 Å². The maximum Gasteiger partial charge on any atom is 0.255 e. The number of hydrogen-bond acceptors (Lipinski definition) is 4. The second-order valence-electron chi connectivity index (χ2n) is 4.31. The molecule has 0 radical (unpaired) electrons. The highest BCUT2D eigenvalue weighted by Crippen LogP contribution is 2.32. The summed E-state index contributed by atoms with van der Waals surface area (Å²) in [5, 5.41) is 3.46. The Bertz CT molecular complexity index is 799. The quantitative estimate of drug-likeness (QED) is 0.787. The van der Waals surface area contributed by atoms with Gasteiger partial charge in [0.15, 0.2) is 0 Å². The average molecular weight is 319 g/mol. The van der Waals surface area contributed by atoms with E-state index in [2.05, 4.69) is 10.3 Å². The molecule has 1 heterocycles. The topological polar surface area (TPSA) is 51.2 Å². The van der Waals surface area contributed by atoms with Crippen LogP contribution in [0.25, 0.3) is 10.2 Å². The molecule has 2 aromatic carbocycles. The first kappa shape index (κ1) is 13.9. The average Bonchev–Trinajstić information content (AvgIpc) is 3.01. The Labute approximate surface area is 130 Å². The van der Waals surface area contributed by atoms with Crippen LogP contribution in [0.1, 0.15) is 10.4 Å². The number of aromatic nitrogens is 1. The molecule has 3 aromatic rings. The van der Waals surface area contributed by atoms with E-state index in [1.807, 2.05) is 0 Å². The number of thiazole rings is 1. The smallest absolute Gasteiger partial charge is 0.255 e. The van der Waals surface area contributed by atoms with Crippen molar-refractivity contribution in [2.45, 2.75) is 0 Å². The lowest BCUT2D eigenvalue weighted by atomic mass is 10.2. The maximum atomic E-state index is 12.3. The van der Waals surface area contributed by atoms with Crippen molar-refractivity contribution in [3.05, 3.63) is 52.5 Å². The first-order valence-electron chi connectivity index (χ1n) is 6.16. The molecular weight excluding hydrogens is 308 g/mol. The van der Waals surface area contributed by atoms with Gasteiger partial charge in [-0.25, -0.2) is 4.98 Å². The molecule has 4 nitrogen and oxygen atoms in total. The Morgan fingerprint density at radius 3 is 2.71 bits per heavy atom. The van der Waals surface area contributed by atoms with Crippen molar-refractivity contribution in [2.24, 2.45) is 0 Å². The summed E-state index contributed by atoms with van der Waals surface area (Å²) >= 11 is 7.52. The van der Waals surface area contributed by atoms with Crippen LogP contribution in [0.2, 0.25) is 5.02 Å². The molecule has 21 heavy (non-hydrogen) atoms. The van der Waals surface area contributed by atoms with Crippen LogP contribution in [0, 0.1) is 0 Å². The van der Waals surface area contributed by atoms with Gasteiger partial charge in [-0.15, -0.1) is 11.3 Å². The molecule has 6 heteroatoms. The van der Waals surface area contributed by atoms with Crippen molar-refractivity contribution in [2.75, 3.05) is 12.4 Å². The Morgan fingerprint density at radius 1 is 1.24 bits per heavy atom. The lowest BCUT2D eigenvalue weighted by Crippen LogP contribution is -2.11. The van der Waals surface area contributed by atoms with Crippen molar-refractivity contribution in [1.82, 2.24) is 4.98 Å². The van der Waals surface area contributed by atoms with Gasteiger partial charge in [0.25, 0.3) is 5.91 Å². The normalized spacial score (nSPS) is 10.6. The molecule has 0 aliphatic carbocycles. The molecule has 3 rings (SSSR count). The summed E-state index contributed by atoms with van der Waals surface area (Å²) in [5.74, 6) is 0.526. The first-order chi connectivity index (χ1) is 10.2. The lowest BCUT2D eigenvalue weighted by molar-refractivity contribution is 0.102. The number of amides is 1. The number of anilines is 1. The van der Waals surface area contributed by atoms with Gasteiger partial charge >= 0.3 is 0 Å².